The molecule has 0 amide bonds. The molecule has 1 fully saturated rings. The second-order valence-electron chi connectivity index (χ2n) is 6.93. The fourth-order valence-electron chi connectivity index (χ4n) is 3.19. The molecule has 0 aromatic rings. The lowest BCUT2D eigenvalue weighted by molar-refractivity contribution is -0.148. The monoisotopic (exact) mass is 214 g/mol. The summed E-state index contributed by atoms with van der Waals surface area (Å²) < 4.78 is 0. The van der Waals surface area contributed by atoms with Crippen molar-refractivity contribution in [2.45, 2.75) is 59.5 Å². The van der Waals surface area contributed by atoms with Crippen molar-refractivity contribution < 1.29 is 10.2 Å². The molecule has 2 N–H and O–H groups in total. The minimum Gasteiger partial charge on any atom is -0.396 e. The summed E-state index contributed by atoms with van der Waals surface area (Å²) in [6, 6.07) is 0. The second kappa shape index (κ2) is 3.74. The van der Waals surface area contributed by atoms with E-state index in [0.29, 0.717) is 5.92 Å². The normalized spacial score (nSPS) is 36.6. The van der Waals surface area contributed by atoms with Crippen LogP contribution in [0.5, 0.6) is 0 Å². The Bertz CT molecular complexity index is 233. The molecular weight excluding hydrogens is 188 g/mol. The van der Waals surface area contributed by atoms with Gasteiger partial charge in [-0.3, -0.25) is 0 Å². The van der Waals surface area contributed by atoms with Gasteiger partial charge in [-0.1, -0.05) is 34.6 Å². The molecule has 2 unspecified atom stereocenters. The average molecular weight is 214 g/mol. The number of rotatable bonds is 2. The van der Waals surface area contributed by atoms with Gasteiger partial charge in [0.2, 0.25) is 0 Å². The lowest BCUT2D eigenvalue weighted by Crippen LogP contribution is -2.53. The molecule has 90 valence electrons. The fraction of sp³-hybridized carbons (Fsp3) is 1.00. The van der Waals surface area contributed by atoms with Gasteiger partial charge in [0.15, 0.2) is 0 Å². The first-order chi connectivity index (χ1) is 6.62. The maximum absolute atomic E-state index is 10.7. The molecule has 2 heteroatoms. The molecule has 0 heterocycles. The first kappa shape index (κ1) is 13.0. The molecule has 1 saturated carbocycles. The van der Waals surface area contributed by atoms with Gasteiger partial charge in [0.05, 0.1) is 12.2 Å². The maximum atomic E-state index is 10.7. The summed E-state index contributed by atoms with van der Waals surface area (Å²) in [7, 11) is 0. The van der Waals surface area contributed by atoms with Gasteiger partial charge in [-0.15, -0.1) is 0 Å². The Morgan fingerprint density at radius 2 is 1.80 bits per heavy atom. The van der Waals surface area contributed by atoms with Crippen molar-refractivity contribution in [3.8, 4) is 0 Å². The third-order valence-corrected chi connectivity index (χ3v) is 4.01. The molecule has 0 spiro atoms. The first-order valence-electron chi connectivity index (χ1n) is 5.95. The molecule has 0 aromatic carbocycles. The minimum atomic E-state index is -0.719. The van der Waals surface area contributed by atoms with Crippen LogP contribution < -0.4 is 0 Å². The van der Waals surface area contributed by atoms with Crippen LogP contribution in [0.1, 0.15) is 53.9 Å². The van der Waals surface area contributed by atoms with E-state index in [9.17, 15) is 10.2 Å². The van der Waals surface area contributed by atoms with Gasteiger partial charge in [0.1, 0.15) is 0 Å². The lowest BCUT2D eigenvalue weighted by atomic mass is 9.58. The predicted molar refractivity (Wildman–Crippen MR) is 62.6 cm³/mol. The van der Waals surface area contributed by atoms with Crippen LogP contribution in [-0.4, -0.2) is 22.4 Å². The van der Waals surface area contributed by atoms with Crippen LogP contribution in [0.3, 0.4) is 0 Å². The highest BCUT2D eigenvalue weighted by Gasteiger charge is 2.50. The van der Waals surface area contributed by atoms with E-state index in [1.807, 2.05) is 13.8 Å². The fourth-order valence-corrected chi connectivity index (χ4v) is 3.19. The Balaban J connectivity index is 2.93. The zero-order chi connectivity index (χ0) is 11.9. The van der Waals surface area contributed by atoms with Crippen LogP contribution in [-0.2, 0) is 0 Å². The lowest BCUT2D eigenvalue weighted by Gasteiger charge is -2.51. The smallest absolute Gasteiger partial charge is 0.0727 e. The third-order valence-electron chi connectivity index (χ3n) is 4.01. The largest absolute Gasteiger partial charge is 0.396 e. The quantitative estimate of drug-likeness (QED) is 0.741. The summed E-state index contributed by atoms with van der Waals surface area (Å²) >= 11 is 0. The molecule has 0 bridgehead atoms. The molecule has 0 saturated heterocycles. The van der Waals surface area contributed by atoms with Crippen molar-refractivity contribution in [2.75, 3.05) is 6.61 Å². The van der Waals surface area contributed by atoms with Crippen LogP contribution >= 0.6 is 0 Å². The number of hydrogen-bond acceptors (Lipinski definition) is 2. The minimum absolute atomic E-state index is 0.0479. The molecule has 1 aliphatic carbocycles. The van der Waals surface area contributed by atoms with E-state index in [1.54, 1.807) is 0 Å². The van der Waals surface area contributed by atoms with Crippen LogP contribution in [0.15, 0.2) is 0 Å². The number of hydrogen-bond donors (Lipinski definition) is 2. The van der Waals surface area contributed by atoms with E-state index in [-0.39, 0.29) is 12.0 Å². The summed E-state index contributed by atoms with van der Waals surface area (Å²) in [6.07, 6.45) is 2.76. The van der Waals surface area contributed by atoms with E-state index < -0.39 is 11.0 Å². The highest BCUT2D eigenvalue weighted by atomic mass is 16.3. The van der Waals surface area contributed by atoms with E-state index in [1.165, 1.54) is 0 Å². The Morgan fingerprint density at radius 1 is 1.27 bits per heavy atom. The predicted octanol–water partition coefficient (Wildman–Crippen LogP) is 2.58. The van der Waals surface area contributed by atoms with Crippen molar-refractivity contribution in [1.29, 1.82) is 0 Å². The molecule has 2 nitrogen and oxygen atoms in total. The van der Waals surface area contributed by atoms with Crippen LogP contribution in [0.4, 0.5) is 0 Å². The molecule has 1 aliphatic rings. The number of aliphatic hydroxyl groups excluding tert-OH is 1. The Hall–Kier alpha value is -0.0800. The van der Waals surface area contributed by atoms with Gasteiger partial charge in [-0.25, -0.2) is 0 Å². The summed E-state index contributed by atoms with van der Waals surface area (Å²) in [5.74, 6) is 0.532. The van der Waals surface area contributed by atoms with Crippen LogP contribution in [0.2, 0.25) is 0 Å². The molecule has 1 rings (SSSR count). The third kappa shape index (κ3) is 2.54. The molecule has 0 aromatic heterocycles. The highest BCUT2D eigenvalue weighted by Crippen LogP contribution is 2.50. The number of aliphatic hydroxyl groups is 2. The Kier molecular flexibility index (Phi) is 3.24. The SMILES string of the molecule is CC1CC(C)(C)CC(O)(C(C)(C)CO)C1. The van der Waals surface area contributed by atoms with Crippen molar-refractivity contribution >= 4 is 0 Å². The van der Waals surface area contributed by atoms with Gasteiger partial charge in [-0.05, 0) is 30.6 Å². The van der Waals surface area contributed by atoms with Crippen molar-refractivity contribution in [1.82, 2.24) is 0 Å². The average Bonchev–Trinajstić information content (AvgIpc) is 1.99. The van der Waals surface area contributed by atoms with Crippen molar-refractivity contribution in [2.24, 2.45) is 16.7 Å². The van der Waals surface area contributed by atoms with Gasteiger partial charge >= 0.3 is 0 Å². The second-order valence-corrected chi connectivity index (χ2v) is 6.93. The van der Waals surface area contributed by atoms with Crippen molar-refractivity contribution in [3.63, 3.8) is 0 Å². The molecule has 15 heavy (non-hydrogen) atoms. The maximum Gasteiger partial charge on any atom is 0.0727 e. The highest BCUT2D eigenvalue weighted by molar-refractivity contribution is 5.01. The van der Waals surface area contributed by atoms with Crippen molar-refractivity contribution in [3.05, 3.63) is 0 Å². The zero-order valence-electron chi connectivity index (χ0n) is 10.8. The van der Waals surface area contributed by atoms with E-state index in [2.05, 4.69) is 20.8 Å². The van der Waals surface area contributed by atoms with Gasteiger partial charge in [-0.2, -0.15) is 0 Å². The van der Waals surface area contributed by atoms with Gasteiger partial charge < -0.3 is 10.2 Å². The first-order valence-corrected chi connectivity index (χ1v) is 5.95. The topological polar surface area (TPSA) is 40.5 Å². The molecule has 2 atom stereocenters. The summed E-state index contributed by atoms with van der Waals surface area (Å²) in [4.78, 5) is 0. The van der Waals surface area contributed by atoms with Gasteiger partial charge in [0.25, 0.3) is 0 Å². The Labute approximate surface area is 93.7 Å². The molecule has 0 radical (unpaired) electrons. The summed E-state index contributed by atoms with van der Waals surface area (Å²) in [5.41, 5.74) is -0.944. The van der Waals surface area contributed by atoms with Crippen LogP contribution in [0, 0.1) is 16.7 Å². The van der Waals surface area contributed by atoms with E-state index in [4.69, 9.17) is 0 Å². The summed E-state index contributed by atoms with van der Waals surface area (Å²) in [5, 5.41) is 20.2. The van der Waals surface area contributed by atoms with Gasteiger partial charge in [0, 0.05) is 5.41 Å². The molecule has 0 aliphatic heterocycles. The standard InChI is InChI=1S/C13H26O2/c1-10-6-11(2,3)8-13(15,7-10)12(4,5)9-14/h10,14-15H,6-9H2,1-5H3. The summed E-state index contributed by atoms with van der Waals surface area (Å²) in [6.45, 7) is 10.6. The molecular formula is C13H26O2. The Morgan fingerprint density at radius 3 is 2.20 bits per heavy atom. The zero-order valence-corrected chi connectivity index (χ0v) is 10.8. The van der Waals surface area contributed by atoms with E-state index in [0.717, 1.165) is 19.3 Å². The van der Waals surface area contributed by atoms with E-state index >= 15 is 0 Å². The van der Waals surface area contributed by atoms with Crippen LogP contribution in [0.25, 0.3) is 0 Å².